The Morgan fingerprint density at radius 3 is 2.87 bits per heavy atom. The van der Waals surface area contributed by atoms with Gasteiger partial charge in [-0.2, -0.15) is 0 Å². The van der Waals surface area contributed by atoms with Crippen LogP contribution in [-0.4, -0.2) is 22.5 Å². The number of urea groups is 1. The number of aromatic amines is 1. The number of benzene rings is 2. The van der Waals surface area contributed by atoms with Crippen molar-refractivity contribution >= 4 is 28.5 Å². The van der Waals surface area contributed by atoms with E-state index in [0.717, 1.165) is 28.5 Å². The number of rotatable bonds is 1. The molecule has 2 heterocycles. The Labute approximate surface area is 138 Å². The molecule has 1 aromatic heterocycles. The Morgan fingerprint density at radius 1 is 1.22 bits per heavy atom. The Morgan fingerprint density at radius 2 is 2.04 bits per heavy atom. The van der Waals surface area contributed by atoms with Crippen molar-refractivity contribution in [3.05, 3.63) is 70.4 Å². The molecule has 0 aliphatic carbocycles. The lowest BCUT2D eigenvalue weighted by Crippen LogP contribution is -2.43. The first-order chi connectivity index (χ1) is 11.1. The summed E-state index contributed by atoms with van der Waals surface area (Å²) in [5, 5.41) is 1.69. The molecule has 4 rings (SSSR count). The second-order valence-corrected chi connectivity index (χ2v) is 6.25. The predicted molar refractivity (Wildman–Crippen MR) is 91.6 cm³/mol. The lowest BCUT2D eigenvalue weighted by atomic mass is 9.88. The fourth-order valence-electron chi connectivity index (χ4n) is 3.48. The zero-order valence-electron chi connectivity index (χ0n) is 12.4. The van der Waals surface area contributed by atoms with Gasteiger partial charge in [-0.15, -0.1) is 0 Å². The van der Waals surface area contributed by atoms with Crippen molar-refractivity contribution in [3.63, 3.8) is 0 Å². The molecule has 0 spiro atoms. The molecule has 2 amide bonds. The third kappa shape index (κ3) is 2.26. The lowest BCUT2D eigenvalue weighted by Gasteiger charge is -2.36. The normalized spacial score (nSPS) is 17.3. The van der Waals surface area contributed by atoms with Gasteiger partial charge in [0.2, 0.25) is 0 Å². The number of carbonyl (C=O) groups is 1. The first-order valence-corrected chi connectivity index (χ1v) is 7.93. The van der Waals surface area contributed by atoms with Crippen LogP contribution in [-0.2, 0) is 6.42 Å². The van der Waals surface area contributed by atoms with Gasteiger partial charge in [-0.1, -0.05) is 35.9 Å². The van der Waals surface area contributed by atoms with Crippen molar-refractivity contribution in [3.8, 4) is 0 Å². The van der Waals surface area contributed by atoms with E-state index in [-0.39, 0.29) is 6.04 Å². The van der Waals surface area contributed by atoms with Crippen molar-refractivity contribution in [2.24, 2.45) is 5.73 Å². The number of halogens is 1. The molecule has 23 heavy (non-hydrogen) atoms. The number of amides is 2. The highest BCUT2D eigenvalue weighted by Gasteiger charge is 2.32. The van der Waals surface area contributed by atoms with Gasteiger partial charge in [0.1, 0.15) is 0 Å². The minimum absolute atomic E-state index is 0.190. The van der Waals surface area contributed by atoms with Gasteiger partial charge >= 0.3 is 6.03 Å². The van der Waals surface area contributed by atoms with Crippen LogP contribution >= 0.6 is 11.6 Å². The topological polar surface area (TPSA) is 62.1 Å². The summed E-state index contributed by atoms with van der Waals surface area (Å²) in [6.45, 7) is 0.615. The van der Waals surface area contributed by atoms with Gasteiger partial charge < -0.3 is 15.6 Å². The number of fused-ring (bicyclic) bond motifs is 2. The van der Waals surface area contributed by atoms with Crippen LogP contribution in [0.3, 0.4) is 0 Å². The highest BCUT2D eigenvalue weighted by Crippen LogP contribution is 2.38. The van der Waals surface area contributed by atoms with Crippen molar-refractivity contribution in [2.45, 2.75) is 12.5 Å². The second-order valence-electron chi connectivity index (χ2n) is 5.82. The molecule has 1 atom stereocenters. The van der Waals surface area contributed by atoms with Crippen molar-refractivity contribution < 1.29 is 4.79 Å². The maximum atomic E-state index is 12.0. The third-order valence-electron chi connectivity index (χ3n) is 4.54. The second kappa shape index (κ2) is 5.32. The van der Waals surface area contributed by atoms with Gasteiger partial charge in [-0.25, -0.2) is 4.79 Å². The standard InChI is InChI=1S/C18H16ClN3O/c19-12-5-6-16-14(9-12)15(10-21-16)17-13-4-2-1-3-11(13)7-8-22(17)18(20)23/h1-6,9-10,17,21H,7-8H2,(H2,20,23). The van der Waals surface area contributed by atoms with E-state index in [1.54, 1.807) is 4.90 Å². The number of hydrogen-bond acceptors (Lipinski definition) is 1. The SMILES string of the molecule is NC(=O)N1CCc2ccccc2C1c1c[nH]c2ccc(Cl)cc12. The van der Waals surface area contributed by atoms with Crippen molar-refractivity contribution in [2.75, 3.05) is 6.54 Å². The van der Waals surface area contributed by atoms with Crippen LogP contribution in [0.2, 0.25) is 5.02 Å². The van der Waals surface area contributed by atoms with E-state index < -0.39 is 6.03 Å². The summed E-state index contributed by atoms with van der Waals surface area (Å²) in [4.78, 5) is 17.0. The fourth-order valence-corrected chi connectivity index (χ4v) is 3.65. The Bertz CT molecular complexity index is 902. The monoisotopic (exact) mass is 325 g/mol. The first-order valence-electron chi connectivity index (χ1n) is 7.55. The highest BCUT2D eigenvalue weighted by atomic mass is 35.5. The maximum absolute atomic E-state index is 12.0. The molecule has 0 bridgehead atoms. The van der Waals surface area contributed by atoms with E-state index in [0.29, 0.717) is 11.6 Å². The zero-order chi connectivity index (χ0) is 16.0. The molecule has 116 valence electrons. The van der Waals surface area contributed by atoms with E-state index in [2.05, 4.69) is 17.1 Å². The maximum Gasteiger partial charge on any atom is 0.315 e. The van der Waals surface area contributed by atoms with Crippen LogP contribution in [0.15, 0.2) is 48.7 Å². The van der Waals surface area contributed by atoms with Crippen LogP contribution in [0.4, 0.5) is 4.79 Å². The zero-order valence-corrected chi connectivity index (χ0v) is 13.2. The van der Waals surface area contributed by atoms with Crippen molar-refractivity contribution in [1.82, 2.24) is 9.88 Å². The molecule has 1 aliphatic heterocycles. The highest BCUT2D eigenvalue weighted by molar-refractivity contribution is 6.31. The molecule has 4 nitrogen and oxygen atoms in total. The summed E-state index contributed by atoms with van der Waals surface area (Å²) in [5.74, 6) is 0. The quantitative estimate of drug-likeness (QED) is 0.701. The molecule has 1 aliphatic rings. The van der Waals surface area contributed by atoms with E-state index in [4.69, 9.17) is 17.3 Å². The number of nitrogens with one attached hydrogen (secondary N) is 1. The molecule has 0 saturated carbocycles. The molecule has 2 aromatic carbocycles. The molecule has 0 fully saturated rings. The smallest absolute Gasteiger partial charge is 0.315 e. The fraction of sp³-hybridized carbons (Fsp3) is 0.167. The summed E-state index contributed by atoms with van der Waals surface area (Å²) >= 11 is 6.17. The molecule has 3 N–H and O–H groups in total. The molecule has 5 heteroatoms. The van der Waals surface area contributed by atoms with E-state index in [1.165, 1.54) is 5.56 Å². The molecule has 0 saturated heterocycles. The summed E-state index contributed by atoms with van der Waals surface area (Å²) in [6.07, 6.45) is 2.77. The van der Waals surface area contributed by atoms with E-state index in [9.17, 15) is 4.79 Å². The average molecular weight is 326 g/mol. The number of nitrogens with two attached hydrogens (primary N) is 1. The van der Waals surface area contributed by atoms with E-state index in [1.807, 2.05) is 36.5 Å². The molecule has 0 radical (unpaired) electrons. The Balaban J connectivity index is 1.95. The van der Waals surface area contributed by atoms with Crippen LogP contribution in [0, 0.1) is 0 Å². The molecule has 3 aromatic rings. The number of nitrogens with zero attached hydrogens (tertiary/aromatic N) is 1. The number of H-pyrrole nitrogens is 1. The first kappa shape index (κ1) is 14.2. The summed E-state index contributed by atoms with van der Waals surface area (Å²) in [5.41, 5.74) is 10.0. The molecular weight excluding hydrogens is 310 g/mol. The number of carbonyl (C=O) groups excluding carboxylic acids is 1. The molecular formula is C18H16ClN3O. The minimum atomic E-state index is -0.402. The summed E-state index contributed by atoms with van der Waals surface area (Å²) < 4.78 is 0. The number of aromatic nitrogens is 1. The van der Waals surface area contributed by atoms with Gasteiger partial charge in [-0.05, 0) is 35.7 Å². The van der Waals surface area contributed by atoms with Gasteiger partial charge in [0.05, 0.1) is 6.04 Å². The number of hydrogen-bond donors (Lipinski definition) is 2. The lowest BCUT2D eigenvalue weighted by molar-refractivity contribution is 0.190. The largest absolute Gasteiger partial charge is 0.361 e. The Hall–Kier alpha value is -2.46. The average Bonchev–Trinajstić information content (AvgIpc) is 2.96. The van der Waals surface area contributed by atoms with Gasteiger partial charge in [0.25, 0.3) is 0 Å². The van der Waals surface area contributed by atoms with Crippen LogP contribution < -0.4 is 5.73 Å². The Kier molecular flexibility index (Phi) is 3.27. The summed E-state index contributed by atoms with van der Waals surface area (Å²) in [7, 11) is 0. The van der Waals surface area contributed by atoms with Crippen LogP contribution in [0.25, 0.3) is 10.9 Å². The molecule has 1 unspecified atom stereocenters. The number of primary amides is 1. The van der Waals surface area contributed by atoms with Crippen LogP contribution in [0.5, 0.6) is 0 Å². The third-order valence-corrected chi connectivity index (χ3v) is 4.77. The van der Waals surface area contributed by atoms with E-state index >= 15 is 0 Å². The van der Waals surface area contributed by atoms with Crippen LogP contribution in [0.1, 0.15) is 22.7 Å². The van der Waals surface area contributed by atoms with Gasteiger partial charge in [0, 0.05) is 34.2 Å². The van der Waals surface area contributed by atoms with Gasteiger partial charge in [-0.3, -0.25) is 0 Å². The predicted octanol–water partition coefficient (Wildman–Crippen LogP) is 3.85. The van der Waals surface area contributed by atoms with Crippen molar-refractivity contribution in [1.29, 1.82) is 0 Å². The van der Waals surface area contributed by atoms with Gasteiger partial charge in [0.15, 0.2) is 0 Å². The summed E-state index contributed by atoms with van der Waals surface area (Å²) in [6, 6.07) is 13.3. The minimum Gasteiger partial charge on any atom is -0.361 e.